The van der Waals surface area contributed by atoms with Crippen LogP contribution < -0.4 is 0 Å². The van der Waals surface area contributed by atoms with Gasteiger partial charge in [0.15, 0.2) is 0 Å². The van der Waals surface area contributed by atoms with E-state index in [2.05, 4.69) is 0 Å². The van der Waals surface area contributed by atoms with Crippen LogP contribution in [-0.4, -0.2) is 11.7 Å². The Kier molecular flexibility index (Phi) is 3.74. The Labute approximate surface area is 94.9 Å². The fourth-order valence-electron chi connectivity index (χ4n) is 1.39. The first-order chi connectivity index (χ1) is 6.92. The average Bonchev–Trinajstić information content (AvgIpc) is 2.21. The lowest BCUT2D eigenvalue weighted by Gasteiger charge is -2.23. The van der Waals surface area contributed by atoms with Crippen molar-refractivity contribution >= 4 is 11.6 Å². The Balaban J connectivity index is 3.28. The van der Waals surface area contributed by atoms with Crippen LogP contribution in [-0.2, 0) is 11.8 Å². The minimum atomic E-state index is -0.388. The highest BCUT2D eigenvalue weighted by Crippen LogP contribution is 2.29. The van der Waals surface area contributed by atoms with Gasteiger partial charge in [-0.1, -0.05) is 38.4 Å². The predicted octanol–water partition coefficient (Wildman–Crippen LogP) is 3.31. The molecule has 0 aliphatic rings. The number of halogens is 2. The standard InChI is InChI=1S/C12H16ClFO/c1-4-8-5-9(12(2,3)7-15)6-10(13)11(8)14/h5-6,15H,4,7H2,1-3H3. The molecule has 0 radical (unpaired) electrons. The summed E-state index contributed by atoms with van der Waals surface area (Å²) in [5.41, 5.74) is 1.08. The maximum atomic E-state index is 13.5. The highest BCUT2D eigenvalue weighted by Gasteiger charge is 2.21. The van der Waals surface area contributed by atoms with Gasteiger partial charge in [-0.2, -0.15) is 0 Å². The summed E-state index contributed by atoms with van der Waals surface area (Å²) in [5.74, 6) is -0.350. The molecule has 0 aromatic heterocycles. The third-order valence-corrected chi connectivity index (χ3v) is 2.94. The molecule has 1 N–H and O–H groups in total. The zero-order valence-corrected chi connectivity index (χ0v) is 10.0. The van der Waals surface area contributed by atoms with E-state index in [1.165, 1.54) is 0 Å². The zero-order valence-electron chi connectivity index (χ0n) is 9.27. The van der Waals surface area contributed by atoms with E-state index in [1.54, 1.807) is 12.1 Å². The summed E-state index contributed by atoms with van der Waals surface area (Å²) >= 11 is 5.80. The van der Waals surface area contributed by atoms with Crippen molar-refractivity contribution in [2.75, 3.05) is 6.61 Å². The van der Waals surface area contributed by atoms with Gasteiger partial charge in [-0.15, -0.1) is 0 Å². The molecule has 1 nitrogen and oxygen atoms in total. The molecule has 0 atom stereocenters. The fraction of sp³-hybridized carbons (Fsp3) is 0.500. The van der Waals surface area contributed by atoms with Gasteiger partial charge in [-0.05, 0) is 23.6 Å². The van der Waals surface area contributed by atoms with E-state index in [0.717, 1.165) is 5.56 Å². The first-order valence-corrected chi connectivity index (χ1v) is 5.39. The molecule has 0 saturated carbocycles. The summed E-state index contributed by atoms with van der Waals surface area (Å²) in [6.45, 7) is 5.69. The highest BCUT2D eigenvalue weighted by atomic mass is 35.5. The lowest BCUT2D eigenvalue weighted by atomic mass is 9.84. The summed E-state index contributed by atoms with van der Waals surface area (Å²) in [4.78, 5) is 0. The number of benzene rings is 1. The van der Waals surface area contributed by atoms with Gasteiger partial charge in [0.25, 0.3) is 0 Å². The minimum absolute atomic E-state index is 0.0120. The van der Waals surface area contributed by atoms with Crippen LogP contribution in [0.5, 0.6) is 0 Å². The largest absolute Gasteiger partial charge is 0.395 e. The van der Waals surface area contributed by atoms with Crippen LogP contribution in [0, 0.1) is 5.82 Å². The number of hydrogen-bond donors (Lipinski definition) is 1. The Morgan fingerprint density at radius 3 is 2.47 bits per heavy atom. The van der Waals surface area contributed by atoms with Crippen molar-refractivity contribution in [1.29, 1.82) is 0 Å². The first-order valence-electron chi connectivity index (χ1n) is 5.01. The van der Waals surface area contributed by atoms with Gasteiger partial charge in [0.1, 0.15) is 5.82 Å². The van der Waals surface area contributed by atoms with Crippen molar-refractivity contribution in [3.63, 3.8) is 0 Å². The molecule has 0 amide bonds. The van der Waals surface area contributed by atoms with Crippen LogP contribution in [0.4, 0.5) is 4.39 Å². The normalized spacial score (nSPS) is 11.9. The molecule has 0 aliphatic heterocycles. The van der Waals surface area contributed by atoms with Gasteiger partial charge in [-0.25, -0.2) is 4.39 Å². The molecule has 1 aromatic rings. The van der Waals surface area contributed by atoms with Crippen LogP contribution in [0.25, 0.3) is 0 Å². The molecular weight excluding hydrogens is 215 g/mol. The van der Waals surface area contributed by atoms with E-state index >= 15 is 0 Å². The molecule has 0 heterocycles. The molecule has 0 saturated heterocycles. The van der Waals surface area contributed by atoms with Gasteiger partial charge in [-0.3, -0.25) is 0 Å². The molecule has 0 unspecified atom stereocenters. The van der Waals surface area contributed by atoms with Gasteiger partial charge in [0.05, 0.1) is 11.6 Å². The third kappa shape index (κ3) is 2.50. The summed E-state index contributed by atoms with van der Waals surface area (Å²) in [7, 11) is 0. The molecule has 1 rings (SSSR count). The Bertz CT molecular complexity index is 361. The monoisotopic (exact) mass is 230 g/mol. The number of aliphatic hydroxyl groups is 1. The SMILES string of the molecule is CCc1cc(C(C)(C)CO)cc(Cl)c1F. The van der Waals surface area contributed by atoms with Crippen molar-refractivity contribution in [2.24, 2.45) is 0 Å². The zero-order chi connectivity index (χ0) is 11.6. The lowest BCUT2D eigenvalue weighted by Crippen LogP contribution is -2.22. The van der Waals surface area contributed by atoms with Gasteiger partial charge in [0, 0.05) is 5.41 Å². The first kappa shape index (κ1) is 12.5. The van der Waals surface area contributed by atoms with E-state index < -0.39 is 0 Å². The third-order valence-electron chi connectivity index (χ3n) is 2.66. The minimum Gasteiger partial charge on any atom is -0.395 e. The number of hydrogen-bond acceptors (Lipinski definition) is 1. The number of aliphatic hydroxyl groups excluding tert-OH is 1. The number of rotatable bonds is 3. The average molecular weight is 231 g/mol. The summed E-state index contributed by atoms with van der Waals surface area (Å²) < 4.78 is 13.5. The Morgan fingerprint density at radius 1 is 1.40 bits per heavy atom. The van der Waals surface area contributed by atoms with Crippen molar-refractivity contribution in [2.45, 2.75) is 32.6 Å². The fourth-order valence-corrected chi connectivity index (χ4v) is 1.62. The van der Waals surface area contributed by atoms with E-state index in [4.69, 9.17) is 11.6 Å². The van der Waals surface area contributed by atoms with Gasteiger partial charge < -0.3 is 5.11 Å². The van der Waals surface area contributed by atoms with Crippen LogP contribution >= 0.6 is 11.6 Å². The lowest BCUT2D eigenvalue weighted by molar-refractivity contribution is 0.218. The van der Waals surface area contributed by atoms with Gasteiger partial charge in [0.2, 0.25) is 0 Å². The smallest absolute Gasteiger partial charge is 0.144 e. The van der Waals surface area contributed by atoms with E-state index in [9.17, 15) is 9.50 Å². The number of aryl methyl sites for hydroxylation is 1. The second-order valence-electron chi connectivity index (χ2n) is 4.33. The molecule has 0 aliphatic carbocycles. The summed E-state index contributed by atoms with van der Waals surface area (Å²) in [5, 5.41) is 9.36. The van der Waals surface area contributed by atoms with E-state index in [1.807, 2.05) is 20.8 Å². The van der Waals surface area contributed by atoms with Crippen LogP contribution in [0.3, 0.4) is 0 Å². The highest BCUT2D eigenvalue weighted by molar-refractivity contribution is 6.30. The molecule has 15 heavy (non-hydrogen) atoms. The Morgan fingerprint density at radius 2 is 2.00 bits per heavy atom. The van der Waals surface area contributed by atoms with Gasteiger partial charge >= 0.3 is 0 Å². The maximum Gasteiger partial charge on any atom is 0.144 e. The molecule has 0 spiro atoms. The maximum absolute atomic E-state index is 13.5. The predicted molar refractivity (Wildman–Crippen MR) is 60.9 cm³/mol. The topological polar surface area (TPSA) is 20.2 Å². The van der Waals surface area contributed by atoms with Crippen molar-refractivity contribution in [3.05, 3.63) is 34.1 Å². The second-order valence-corrected chi connectivity index (χ2v) is 4.73. The second kappa shape index (κ2) is 4.50. The molecule has 0 fully saturated rings. The van der Waals surface area contributed by atoms with Crippen LogP contribution in [0.15, 0.2) is 12.1 Å². The van der Waals surface area contributed by atoms with Crippen LogP contribution in [0.1, 0.15) is 31.9 Å². The van der Waals surface area contributed by atoms with E-state index in [0.29, 0.717) is 12.0 Å². The molecular formula is C12H16ClFO. The molecule has 0 bridgehead atoms. The summed E-state index contributed by atoms with van der Waals surface area (Å²) in [6, 6.07) is 3.36. The van der Waals surface area contributed by atoms with Crippen LogP contribution in [0.2, 0.25) is 5.02 Å². The van der Waals surface area contributed by atoms with Crippen molar-refractivity contribution in [3.8, 4) is 0 Å². The van der Waals surface area contributed by atoms with E-state index in [-0.39, 0.29) is 22.9 Å². The van der Waals surface area contributed by atoms with Crippen molar-refractivity contribution < 1.29 is 9.50 Å². The molecule has 1 aromatic carbocycles. The van der Waals surface area contributed by atoms with Crippen molar-refractivity contribution in [1.82, 2.24) is 0 Å². The molecule has 3 heteroatoms. The molecule has 84 valence electrons. The quantitative estimate of drug-likeness (QED) is 0.845. The summed E-state index contributed by atoms with van der Waals surface area (Å²) in [6.07, 6.45) is 0.598. The Hall–Kier alpha value is -0.600.